The molecule has 0 unspecified atom stereocenters. The van der Waals surface area contributed by atoms with Crippen molar-refractivity contribution in [2.45, 2.75) is 19.1 Å². The van der Waals surface area contributed by atoms with E-state index in [4.69, 9.17) is 4.74 Å². The van der Waals surface area contributed by atoms with Crippen LogP contribution in [-0.2, 0) is 32.1 Å². The highest BCUT2D eigenvalue weighted by atomic mass is 16.6. The molecule has 0 aromatic heterocycles. The van der Waals surface area contributed by atoms with E-state index >= 15 is 0 Å². The van der Waals surface area contributed by atoms with Gasteiger partial charge >= 0.3 is 12.1 Å². The van der Waals surface area contributed by atoms with E-state index in [9.17, 15) is 24.5 Å². The zero-order valence-corrected chi connectivity index (χ0v) is 16.2. The molecule has 0 aliphatic carbocycles. The molecule has 0 saturated heterocycles. The van der Waals surface area contributed by atoms with Crippen molar-refractivity contribution in [1.29, 1.82) is 0 Å². The second-order valence-corrected chi connectivity index (χ2v) is 6.15. The van der Waals surface area contributed by atoms with Crippen molar-refractivity contribution < 1.29 is 28.8 Å². The highest BCUT2D eigenvalue weighted by Gasteiger charge is 2.25. The number of alkyl carbamates (subject to hydrolysis) is 1. The Labute approximate surface area is 172 Å². The van der Waals surface area contributed by atoms with Gasteiger partial charge in [0.1, 0.15) is 19.2 Å². The molecule has 1 atom stereocenters. The molecule has 0 saturated carbocycles. The third-order valence-corrected chi connectivity index (χ3v) is 4.04. The largest absolute Gasteiger partial charge is 0.467 e. The van der Waals surface area contributed by atoms with Crippen LogP contribution in [0.2, 0.25) is 0 Å². The highest BCUT2D eigenvalue weighted by Crippen LogP contribution is 2.19. The molecule has 2 aromatic carbocycles. The number of hydrogen-bond acceptors (Lipinski definition) is 7. The second-order valence-electron chi connectivity index (χ2n) is 6.15. The molecular weight excluding hydrogens is 394 g/mol. The Balaban J connectivity index is 1.90. The van der Waals surface area contributed by atoms with Gasteiger partial charge in [0.25, 0.3) is 5.69 Å². The van der Waals surface area contributed by atoms with Crippen LogP contribution in [0.3, 0.4) is 0 Å². The predicted molar refractivity (Wildman–Crippen MR) is 105 cm³/mol. The average molecular weight is 415 g/mol. The van der Waals surface area contributed by atoms with Gasteiger partial charge in [-0.05, 0) is 5.56 Å². The smallest absolute Gasteiger partial charge is 0.407 e. The van der Waals surface area contributed by atoms with Crippen LogP contribution in [0.4, 0.5) is 10.5 Å². The van der Waals surface area contributed by atoms with Gasteiger partial charge in [-0.25, -0.2) is 9.59 Å². The van der Waals surface area contributed by atoms with E-state index in [1.165, 1.54) is 18.2 Å². The molecule has 158 valence electrons. The summed E-state index contributed by atoms with van der Waals surface area (Å²) >= 11 is 0. The number of benzene rings is 2. The molecule has 2 N–H and O–H groups in total. The Bertz CT molecular complexity index is 902. The van der Waals surface area contributed by atoms with Gasteiger partial charge in [0.05, 0.1) is 12.0 Å². The summed E-state index contributed by atoms with van der Waals surface area (Å²) in [6, 6.07) is 13.7. The topological polar surface area (TPSA) is 137 Å². The normalized spacial score (nSPS) is 11.1. The van der Waals surface area contributed by atoms with E-state index in [1.807, 2.05) is 6.07 Å². The summed E-state index contributed by atoms with van der Waals surface area (Å²) in [7, 11) is 1.14. The Hall–Kier alpha value is -3.95. The van der Waals surface area contributed by atoms with Crippen molar-refractivity contribution in [3.63, 3.8) is 0 Å². The fourth-order valence-electron chi connectivity index (χ4n) is 2.59. The zero-order valence-electron chi connectivity index (χ0n) is 16.2. The van der Waals surface area contributed by atoms with Gasteiger partial charge < -0.3 is 20.1 Å². The lowest BCUT2D eigenvalue weighted by Crippen LogP contribution is -2.47. The van der Waals surface area contributed by atoms with Crippen LogP contribution in [0.5, 0.6) is 0 Å². The number of amides is 2. The number of nitro groups is 1. The van der Waals surface area contributed by atoms with E-state index in [-0.39, 0.29) is 24.3 Å². The van der Waals surface area contributed by atoms with E-state index in [0.717, 1.165) is 12.7 Å². The van der Waals surface area contributed by atoms with Gasteiger partial charge in [0.15, 0.2) is 0 Å². The molecule has 30 heavy (non-hydrogen) atoms. The van der Waals surface area contributed by atoms with Crippen molar-refractivity contribution in [3.8, 4) is 0 Å². The Morgan fingerprint density at radius 2 is 1.73 bits per heavy atom. The Kier molecular flexibility index (Phi) is 8.30. The number of rotatable bonds is 9. The van der Waals surface area contributed by atoms with E-state index < -0.39 is 35.5 Å². The van der Waals surface area contributed by atoms with E-state index in [2.05, 4.69) is 15.4 Å². The molecule has 0 bridgehead atoms. The van der Waals surface area contributed by atoms with Gasteiger partial charge in [-0.3, -0.25) is 14.9 Å². The van der Waals surface area contributed by atoms with Gasteiger partial charge in [-0.2, -0.15) is 0 Å². The molecule has 10 heteroatoms. The highest BCUT2D eigenvalue weighted by molar-refractivity contribution is 5.87. The van der Waals surface area contributed by atoms with Crippen molar-refractivity contribution >= 4 is 23.7 Å². The molecule has 0 spiro atoms. The van der Waals surface area contributed by atoms with Crippen LogP contribution in [0, 0.1) is 10.1 Å². The third-order valence-electron chi connectivity index (χ3n) is 4.04. The molecule has 0 fully saturated rings. The SMILES string of the molecule is COC(=O)[C@@H](Cc1ccccc1[N+](=O)[O-])NC(=O)CNC(=O)OCc1ccccc1. The monoisotopic (exact) mass is 415 g/mol. The second kappa shape index (κ2) is 11.1. The number of carbonyl (C=O) groups excluding carboxylic acids is 3. The quantitative estimate of drug-likeness (QED) is 0.361. The maximum Gasteiger partial charge on any atom is 0.407 e. The van der Waals surface area contributed by atoms with Crippen LogP contribution in [0.25, 0.3) is 0 Å². The van der Waals surface area contributed by atoms with Crippen LogP contribution < -0.4 is 10.6 Å². The number of methoxy groups -OCH3 is 1. The molecule has 0 aliphatic rings. The summed E-state index contributed by atoms with van der Waals surface area (Å²) in [4.78, 5) is 46.5. The third kappa shape index (κ3) is 6.89. The first-order valence-electron chi connectivity index (χ1n) is 8.94. The summed E-state index contributed by atoms with van der Waals surface area (Å²) in [5, 5.41) is 15.8. The lowest BCUT2D eigenvalue weighted by molar-refractivity contribution is -0.385. The minimum Gasteiger partial charge on any atom is -0.467 e. The van der Waals surface area contributed by atoms with E-state index in [1.54, 1.807) is 30.3 Å². The first-order chi connectivity index (χ1) is 14.4. The predicted octanol–water partition coefficient (Wildman–Crippen LogP) is 1.72. The molecule has 2 aromatic rings. The molecule has 10 nitrogen and oxygen atoms in total. The van der Waals surface area contributed by atoms with Crippen LogP contribution in [0.1, 0.15) is 11.1 Å². The summed E-state index contributed by atoms with van der Waals surface area (Å²) in [5.41, 5.74) is 0.865. The molecular formula is C20H21N3O7. The van der Waals surface area contributed by atoms with Gasteiger partial charge in [0, 0.05) is 18.1 Å². The minimum absolute atomic E-state index is 0.0384. The number of esters is 1. The van der Waals surface area contributed by atoms with Crippen molar-refractivity contribution in [3.05, 3.63) is 75.8 Å². The number of nitrogens with one attached hydrogen (secondary N) is 2. The average Bonchev–Trinajstić information content (AvgIpc) is 2.76. The summed E-state index contributed by atoms with van der Waals surface area (Å²) < 4.78 is 9.66. The number of ether oxygens (including phenoxy) is 2. The van der Waals surface area contributed by atoms with Crippen LogP contribution in [-0.4, -0.2) is 42.6 Å². The summed E-state index contributed by atoms with van der Waals surface area (Å²) in [6.45, 7) is -0.408. The summed E-state index contributed by atoms with van der Waals surface area (Å²) in [5.74, 6) is -1.45. The van der Waals surface area contributed by atoms with Crippen LogP contribution >= 0.6 is 0 Å². The van der Waals surface area contributed by atoms with Crippen molar-refractivity contribution in [2.24, 2.45) is 0 Å². The van der Waals surface area contributed by atoms with E-state index in [0.29, 0.717) is 0 Å². The number of nitrogens with zero attached hydrogens (tertiary/aromatic N) is 1. The number of hydrogen-bond donors (Lipinski definition) is 2. The number of carbonyl (C=O) groups is 3. The van der Waals surface area contributed by atoms with Gasteiger partial charge in [-0.15, -0.1) is 0 Å². The molecule has 0 aliphatic heterocycles. The minimum atomic E-state index is -1.16. The lowest BCUT2D eigenvalue weighted by Gasteiger charge is -2.17. The number of para-hydroxylation sites is 1. The first kappa shape index (κ1) is 22.3. The molecule has 2 rings (SSSR count). The van der Waals surface area contributed by atoms with Crippen molar-refractivity contribution in [1.82, 2.24) is 10.6 Å². The summed E-state index contributed by atoms with van der Waals surface area (Å²) in [6.07, 6.45) is -0.948. The van der Waals surface area contributed by atoms with Crippen LogP contribution in [0.15, 0.2) is 54.6 Å². The lowest BCUT2D eigenvalue weighted by atomic mass is 10.0. The fraction of sp³-hybridized carbons (Fsp3) is 0.250. The Morgan fingerprint density at radius 1 is 1.07 bits per heavy atom. The number of nitro benzene ring substituents is 1. The van der Waals surface area contributed by atoms with Gasteiger partial charge in [-0.1, -0.05) is 48.5 Å². The molecule has 0 radical (unpaired) electrons. The van der Waals surface area contributed by atoms with Crippen molar-refractivity contribution in [2.75, 3.05) is 13.7 Å². The standard InChI is InChI=1S/C20H21N3O7/c1-29-19(25)16(11-15-9-5-6-10-17(15)23(27)28)22-18(24)12-21-20(26)30-13-14-7-3-2-4-8-14/h2-10,16H,11-13H2,1H3,(H,21,26)(H,22,24)/t16-/m1/s1. The zero-order chi connectivity index (χ0) is 21.9. The Morgan fingerprint density at radius 3 is 2.40 bits per heavy atom. The fourth-order valence-corrected chi connectivity index (χ4v) is 2.59. The molecule has 0 heterocycles. The maximum absolute atomic E-state index is 12.1. The maximum atomic E-state index is 12.1. The first-order valence-corrected chi connectivity index (χ1v) is 8.94. The molecule has 2 amide bonds. The van der Waals surface area contributed by atoms with Gasteiger partial charge in [0.2, 0.25) is 5.91 Å².